The number of nitrogens with zero attached hydrogens (tertiary/aromatic N) is 1. The molecule has 0 aliphatic carbocycles. The predicted molar refractivity (Wildman–Crippen MR) is 83.7 cm³/mol. The second kappa shape index (κ2) is 7.26. The first-order valence-electron chi connectivity index (χ1n) is 7.01. The molecule has 1 fully saturated rings. The number of benzene rings is 1. The van der Waals surface area contributed by atoms with E-state index in [4.69, 9.17) is 11.6 Å². The molecule has 6 nitrogen and oxygen atoms in total. The maximum atomic E-state index is 12.2. The molecule has 1 aliphatic rings. The van der Waals surface area contributed by atoms with Crippen LogP contribution in [0.4, 0.5) is 5.69 Å². The van der Waals surface area contributed by atoms with Crippen molar-refractivity contribution in [3.05, 3.63) is 29.8 Å². The highest BCUT2D eigenvalue weighted by Crippen LogP contribution is 2.15. The fourth-order valence-corrected chi connectivity index (χ4v) is 2.54. The van der Waals surface area contributed by atoms with Gasteiger partial charge < -0.3 is 15.5 Å². The highest BCUT2D eigenvalue weighted by Gasteiger charge is 2.34. The van der Waals surface area contributed by atoms with Gasteiger partial charge in [-0.1, -0.05) is 18.2 Å². The van der Waals surface area contributed by atoms with Crippen molar-refractivity contribution in [3.8, 4) is 0 Å². The third kappa shape index (κ3) is 3.76. The van der Waals surface area contributed by atoms with Crippen molar-refractivity contribution >= 4 is 35.0 Å². The van der Waals surface area contributed by atoms with E-state index in [-0.39, 0.29) is 30.0 Å². The van der Waals surface area contributed by atoms with Crippen molar-refractivity contribution in [2.75, 3.05) is 24.3 Å². The summed E-state index contributed by atoms with van der Waals surface area (Å²) in [5.41, 5.74) is 1.62. The van der Waals surface area contributed by atoms with Gasteiger partial charge in [0.25, 0.3) is 0 Å². The first-order valence-corrected chi connectivity index (χ1v) is 7.55. The number of piperazine rings is 1. The van der Waals surface area contributed by atoms with Gasteiger partial charge in [-0.05, 0) is 18.6 Å². The molecule has 2 rings (SSSR count). The molecule has 2 N–H and O–H groups in total. The number of amides is 3. The zero-order chi connectivity index (χ0) is 16.1. The highest BCUT2D eigenvalue weighted by atomic mass is 35.5. The smallest absolute Gasteiger partial charge is 0.243 e. The van der Waals surface area contributed by atoms with E-state index >= 15 is 0 Å². The van der Waals surface area contributed by atoms with E-state index in [1.807, 2.05) is 25.1 Å². The Morgan fingerprint density at radius 3 is 2.82 bits per heavy atom. The van der Waals surface area contributed by atoms with Crippen LogP contribution in [-0.4, -0.2) is 47.6 Å². The number of hydrogen-bond donors (Lipinski definition) is 2. The number of alkyl halides is 1. The van der Waals surface area contributed by atoms with Crippen LogP contribution in [0.2, 0.25) is 0 Å². The van der Waals surface area contributed by atoms with Crippen LogP contribution in [-0.2, 0) is 14.4 Å². The number of carbonyl (C=O) groups excluding carboxylic acids is 3. The van der Waals surface area contributed by atoms with Gasteiger partial charge in [-0.2, -0.15) is 0 Å². The molecule has 1 saturated heterocycles. The fraction of sp³-hybridized carbons (Fsp3) is 0.400. The SMILES string of the molecule is Cc1ccccc1NC(=O)CC1C(=O)NCCN1C(=O)CCl. The molecule has 1 unspecified atom stereocenters. The Morgan fingerprint density at radius 1 is 1.41 bits per heavy atom. The van der Waals surface area contributed by atoms with Gasteiger partial charge in [-0.15, -0.1) is 11.6 Å². The molecule has 22 heavy (non-hydrogen) atoms. The first-order chi connectivity index (χ1) is 10.5. The zero-order valence-corrected chi connectivity index (χ0v) is 13.0. The monoisotopic (exact) mass is 323 g/mol. The van der Waals surface area contributed by atoms with Gasteiger partial charge in [0.05, 0.1) is 6.42 Å². The quantitative estimate of drug-likeness (QED) is 0.808. The molecule has 3 amide bonds. The molecule has 0 spiro atoms. The van der Waals surface area contributed by atoms with Gasteiger partial charge >= 0.3 is 0 Å². The summed E-state index contributed by atoms with van der Waals surface area (Å²) in [6.07, 6.45) is -0.0944. The summed E-state index contributed by atoms with van der Waals surface area (Å²) in [7, 11) is 0. The van der Waals surface area contributed by atoms with Crippen LogP contribution >= 0.6 is 11.6 Å². The molecule has 0 saturated carbocycles. The minimum Gasteiger partial charge on any atom is -0.353 e. The summed E-state index contributed by atoms with van der Waals surface area (Å²) in [5.74, 6) is -1.19. The van der Waals surface area contributed by atoms with Crippen LogP contribution in [0.1, 0.15) is 12.0 Å². The van der Waals surface area contributed by atoms with Crippen LogP contribution in [0.5, 0.6) is 0 Å². The van der Waals surface area contributed by atoms with Crippen LogP contribution in [0.3, 0.4) is 0 Å². The zero-order valence-electron chi connectivity index (χ0n) is 12.3. The van der Waals surface area contributed by atoms with E-state index in [0.717, 1.165) is 5.56 Å². The summed E-state index contributed by atoms with van der Waals surface area (Å²) in [4.78, 5) is 37.3. The van der Waals surface area contributed by atoms with Crippen molar-refractivity contribution in [2.45, 2.75) is 19.4 Å². The number of nitrogens with one attached hydrogen (secondary N) is 2. The average Bonchev–Trinajstić information content (AvgIpc) is 2.51. The largest absolute Gasteiger partial charge is 0.353 e. The average molecular weight is 324 g/mol. The number of para-hydroxylation sites is 1. The molecular weight excluding hydrogens is 306 g/mol. The number of aryl methyl sites for hydroxylation is 1. The van der Waals surface area contributed by atoms with E-state index in [2.05, 4.69) is 10.6 Å². The minimum absolute atomic E-state index is 0.0944. The van der Waals surface area contributed by atoms with Crippen molar-refractivity contribution in [1.29, 1.82) is 0 Å². The van der Waals surface area contributed by atoms with Gasteiger partial charge in [0.2, 0.25) is 17.7 Å². The number of hydrogen-bond acceptors (Lipinski definition) is 3. The minimum atomic E-state index is -0.816. The Balaban J connectivity index is 2.06. The molecule has 0 radical (unpaired) electrons. The molecule has 1 aromatic carbocycles. The van der Waals surface area contributed by atoms with Crippen LogP contribution in [0.15, 0.2) is 24.3 Å². The van der Waals surface area contributed by atoms with Crippen molar-refractivity contribution in [2.24, 2.45) is 0 Å². The lowest BCUT2D eigenvalue weighted by Gasteiger charge is -2.34. The fourth-order valence-electron chi connectivity index (χ4n) is 2.38. The Bertz CT molecular complexity index is 591. The Kier molecular flexibility index (Phi) is 5.38. The van der Waals surface area contributed by atoms with Crippen LogP contribution in [0, 0.1) is 6.92 Å². The lowest BCUT2D eigenvalue weighted by Crippen LogP contribution is -2.58. The Labute approximate surface area is 133 Å². The van der Waals surface area contributed by atoms with Gasteiger partial charge in [0.15, 0.2) is 0 Å². The maximum Gasteiger partial charge on any atom is 0.243 e. The van der Waals surface area contributed by atoms with Gasteiger partial charge in [-0.3, -0.25) is 14.4 Å². The van der Waals surface area contributed by atoms with Crippen molar-refractivity contribution in [3.63, 3.8) is 0 Å². The predicted octanol–water partition coefficient (Wildman–Crippen LogP) is 0.889. The van der Waals surface area contributed by atoms with Gasteiger partial charge in [0, 0.05) is 18.8 Å². The van der Waals surface area contributed by atoms with E-state index < -0.39 is 6.04 Å². The first kappa shape index (κ1) is 16.3. The number of rotatable bonds is 4. The molecule has 1 heterocycles. The van der Waals surface area contributed by atoms with Crippen molar-refractivity contribution < 1.29 is 14.4 Å². The summed E-state index contributed by atoms with van der Waals surface area (Å²) in [6.45, 7) is 2.61. The lowest BCUT2D eigenvalue weighted by molar-refractivity contribution is -0.143. The highest BCUT2D eigenvalue weighted by molar-refractivity contribution is 6.27. The number of halogens is 1. The standard InChI is InChI=1S/C15H18ClN3O3/c1-10-4-2-3-5-11(10)18-13(20)8-12-15(22)17-6-7-19(12)14(21)9-16/h2-5,12H,6-9H2,1H3,(H,17,22)(H,18,20). The summed E-state index contributed by atoms with van der Waals surface area (Å²) in [6, 6.07) is 6.55. The van der Waals surface area contributed by atoms with Gasteiger partial charge in [0.1, 0.15) is 11.9 Å². The van der Waals surface area contributed by atoms with E-state index in [0.29, 0.717) is 18.8 Å². The molecule has 1 aliphatic heterocycles. The lowest BCUT2D eigenvalue weighted by atomic mass is 10.1. The summed E-state index contributed by atoms with van der Waals surface area (Å²) >= 11 is 5.56. The van der Waals surface area contributed by atoms with Crippen LogP contribution in [0.25, 0.3) is 0 Å². The summed E-state index contributed by atoms with van der Waals surface area (Å²) < 4.78 is 0. The maximum absolute atomic E-state index is 12.2. The second-order valence-corrected chi connectivity index (χ2v) is 5.36. The van der Waals surface area contributed by atoms with E-state index in [1.54, 1.807) is 6.07 Å². The molecule has 7 heteroatoms. The number of carbonyl (C=O) groups is 3. The topological polar surface area (TPSA) is 78.5 Å². The van der Waals surface area contributed by atoms with E-state index in [1.165, 1.54) is 4.90 Å². The Morgan fingerprint density at radius 2 is 2.14 bits per heavy atom. The molecule has 1 atom stereocenters. The second-order valence-electron chi connectivity index (χ2n) is 5.09. The number of anilines is 1. The third-order valence-corrected chi connectivity index (χ3v) is 3.79. The molecule has 1 aromatic rings. The van der Waals surface area contributed by atoms with Gasteiger partial charge in [-0.25, -0.2) is 0 Å². The summed E-state index contributed by atoms with van der Waals surface area (Å²) in [5, 5.41) is 5.43. The third-order valence-electron chi connectivity index (χ3n) is 3.56. The molecular formula is C15H18ClN3O3. The Hall–Kier alpha value is -2.08. The molecule has 0 aromatic heterocycles. The van der Waals surface area contributed by atoms with E-state index in [9.17, 15) is 14.4 Å². The normalized spacial score (nSPS) is 17.8. The van der Waals surface area contributed by atoms with Crippen molar-refractivity contribution in [1.82, 2.24) is 10.2 Å². The molecule has 118 valence electrons. The van der Waals surface area contributed by atoms with Crippen LogP contribution < -0.4 is 10.6 Å². The molecule has 0 bridgehead atoms.